The van der Waals surface area contributed by atoms with Crippen LogP contribution in [0.3, 0.4) is 0 Å². The summed E-state index contributed by atoms with van der Waals surface area (Å²) in [5.41, 5.74) is 0.784. The Morgan fingerprint density at radius 2 is 1.81 bits per heavy atom. The van der Waals surface area contributed by atoms with Gasteiger partial charge in [0, 0.05) is 23.7 Å². The first-order valence-electron chi connectivity index (χ1n) is 11.3. The van der Waals surface area contributed by atoms with Gasteiger partial charge in [-0.15, -0.1) is 0 Å². The van der Waals surface area contributed by atoms with Gasteiger partial charge in [-0.3, -0.25) is 20.2 Å². The predicted molar refractivity (Wildman–Crippen MR) is 124 cm³/mol. The fourth-order valence-corrected chi connectivity index (χ4v) is 6.92. The lowest BCUT2D eigenvalue weighted by molar-refractivity contribution is -0.384. The van der Waals surface area contributed by atoms with Gasteiger partial charge in [0.2, 0.25) is 0 Å². The minimum Gasteiger partial charge on any atom is -0.451 e. The number of carbonyl (C=O) groups is 1. The quantitative estimate of drug-likeness (QED) is 0.373. The molecule has 1 unspecified atom stereocenters. The van der Waals surface area contributed by atoms with Crippen molar-refractivity contribution in [1.82, 2.24) is 10.6 Å². The molecule has 32 heavy (non-hydrogen) atoms. The molecule has 8 heteroatoms. The molecule has 1 amide bonds. The summed E-state index contributed by atoms with van der Waals surface area (Å²) in [7, 11) is 0. The molecule has 1 heterocycles. The summed E-state index contributed by atoms with van der Waals surface area (Å²) in [5, 5.41) is 17.4. The van der Waals surface area contributed by atoms with Crippen LogP contribution in [0.15, 0.2) is 40.8 Å². The molecule has 0 aliphatic heterocycles. The van der Waals surface area contributed by atoms with Gasteiger partial charge >= 0.3 is 0 Å². The van der Waals surface area contributed by atoms with Gasteiger partial charge in [0.05, 0.1) is 4.92 Å². The average Bonchev–Trinajstić information content (AvgIpc) is 3.23. The number of hydrogen-bond donors (Lipinski definition) is 2. The molecule has 0 spiro atoms. The zero-order chi connectivity index (χ0) is 22.5. The second-order valence-electron chi connectivity index (χ2n) is 9.90. The first kappa shape index (κ1) is 21.1. The lowest BCUT2D eigenvalue weighted by atomic mass is 9.48. The van der Waals surface area contributed by atoms with Gasteiger partial charge in [0.15, 0.2) is 10.9 Å². The van der Waals surface area contributed by atoms with Gasteiger partial charge in [-0.2, -0.15) is 0 Å². The van der Waals surface area contributed by atoms with Crippen molar-refractivity contribution < 1.29 is 14.1 Å². The number of non-ortho nitro benzene ring substituents is 1. The fourth-order valence-electron chi connectivity index (χ4n) is 6.65. The van der Waals surface area contributed by atoms with Crippen LogP contribution in [0.5, 0.6) is 0 Å². The number of nitrogens with zero attached hydrogens (tertiary/aromatic N) is 1. The van der Waals surface area contributed by atoms with E-state index in [0.717, 1.165) is 17.8 Å². The molecule has 1 aromatic carbocycles. The summed E-state index contributed by atoms with van der Waals surface area (Å²) >= 11 is 5.45. The zero-order valence-corrected chi connectivity index (χ0v) is 18.8. The van der Waals surface area contributed by atoms with Gasteiger partial charge < -0.3 is 9.73 Å². The number of nitro groups is 1. The second-order valence-corrected chi connectivity index (χ2v) is 10.3. The van der Waals surface area contributed by atoms with Crippen LogP contribution in [0, 0.1) is 33.3 Å². The van der Waals surface area contributed by atoms with E-state index in [1.807, 2.05) is 0 Å². The van der Waals surface area contributed by atoms with E-state index < -0.39 is 10.8 Å². The van der Waals surface area contributed by atoms with Gasteiger partial charge in [0.1, 0.15) is 5.76 Å². The largest absolute Gasteiger partial charge is 0.451 e. The Balaban J connectivity index is 1.22. The maximum Gasteiger partial charge on any atom is 0.293 e. The topological polar surface area (TPSA) is 97.4 Å². The Kier molecular flexibility index (Phi) is 5.28. The third kappa shape index (κ3) is 3.92. The Bertz CT molecular complexity index is 1040. The summed E-state index contributed by atoms with van der Waals surface area (Å²) in [4.78, 5) is 23.2. The standard InChI is InChI=1S/C24H27N3O4S/c1-14(24-11-15-7-16(12-24)9-17(8-15)13-24)25-23(32)26-22(28)21-6-5-20(31-21)18-3-2-4-19(10-18)27(29)30/h2-6,10,14-17H,7-9,11-13H2,1H3,(H2,25,26,28,32). The van der Waals surface area contributed by atoms with E-state index in [1.54, 1.807) is 24.3 Å². The highest BCUT2D eigenvalue weighted by molar-refractivity contribution is 7.80. The van der Waals surface area contributed by atoms with Crippen molar-refractivity contribution >= 4 is 28.9 Å². The van der Waals surface area contributed by atoms with E-state index in [4.69, 9.17) is 16.6 Å². The van der Waals surface area contributed by atoms with Gasteiger partial charge in [-0.25, -0.2) is 0 Å². The van der Waals surface area contributed by atoms with Crippen LogP contribution in [-0.4, -0.2) is 22.0 Å². The summed E-state index contributed by atoms with van der Waals surface area (Å²) < 4.78 is 5.65. The number of benzene rings is 1. The number of nitro benzene ring substituents is 1. The lowest BCUT2D eigenvalue weighted by Crippen LogP contribution is -2.57. The van der Waals surface area contributed by atoms with Crippen LogP contribution in [0.1, 0.15) is 56.0 Å². The van der Waals surface area contributed by atoms with E-state index in [-0.39, 0.29) is 22.9 Å². The van der Waals surface area contributed by atoms with Crippen LogP contribution in [-0.2, 0) is 0 Å². The molecule has 0 saturated heterocycles. The number of hydrogen-bond acceptors (Lipinski definition) is 5. The molecule has 2 N–H and O–H groups in total. The minimum atomic E-state index is -0.463. The maximum atomic E-state index is 12.7. The Morgan fingerprint density at radius 1 is 1.16 bits per heavy atom. The van der Waals surface area contributed by atoms with E-state index in [0.29, 0.717) is 16.4 Å². The van der Waals surface area contributed by atoms with Crippen LogP contribution in [0.4, 0.5) is 5.69 Å². The molecule has 4 aliphatic rings. The highest BCUT2D eigenvalue weighted by Gasteiger charge is 2.53. The summed E-state index contributed by atoms with van der Waals surface area (Å²) in [6.07, 6.45) is 7.94. The smallest absolute Gasteiger partial charge is 0.293 e. The number of rotatable bonds is 5. The highest BCUT2D eigenvalue weighted by atomic mass is 32.1. The Hall–Kier alpha value is -2.74. The zero-order valence-electron chi connectivity index (χ0n) is 18.0. The maximum absolute atomic E-state index is 12.7. The molecule has 2 aromatic rings. The molecule has 0 radical (unpaired) electrons. The van der Waals surface area contributed by atoms with Crippen LogP contribution in [0.25, 0.3) is 11.3 Å². The third-order valence-electron chi connectivity index (χ3n) is 7.75. The monoisotopic (exact) mass is 453 g/mol. The number of thiocarbonyl (C=S) groups is 1. The molecule has 7 nitrogen and oxygen atoms in total. The number of carbonyl (C=O) groups excluding carboxylic acids is 1. The summed E-state index contributed by atoms with van der Waals surface area (Å²) in [6, 6.07) is 9.50. The molecular weight excluding hydrogens is 426 g/mol. The van der Waals surface area contributed by atoms with Crippen molar-refractivity contribution in [3.63, 3.8) is 0 Å². The molecular formula is C24H27N3O4S. The van der Waals surface area contributed by atoms with Crippen molar-refractivity contribution in [3.8, 4) is 11.3 Å². The highest BCUT2D eigenvalue weighted by Crippen LogP contribution is 2.61. The normalized spacial score (nSPS) is 28.8. The van der Waals surface area contributed by atoms with Crippen molar-refractivity contribution in [1.29, 1.82) is 0 Å². The van der Waals surface area contributed by atoms with Crippen molar-refractivity contribution in [2.45, 2.75) is 51.5 Å². The van der Waals surface area contributed by atoms with Crippen molar-refractivity contribution in [3.05, 3.63) is 52.3 Å². The molecule has 1 atom stereocenters. The van der Waals surface area contributed by atoms with Gasteiger partial charge in [-0.1, -0.05) is 12.1 Å². The molecule has 4 bridgehead atoms. The Morgan fingerprint density at radius 3 is 2.44 bits per heavy atom. The van der Waals surface area contributed by atoms with Gasteiger partial charge in [-0.05, 0) is 93.0 Å². The minimum absolute atomic E-state index is 0.0334. The van der Waals surface area contributed by atoms with Crippen LogP contribution >= 0.6 is 12.2 Å². The summed E-state index contributed by atoms with van der Waals surface area (Å²) in [5.74, 6) is 2.62. The Labute approximate surface area is 192 Å². The average molecular weight is 454 g/mol. The second kappa shape index (κ2) is 7.99. The van der Waals surface area contributed by atoms with Crippen LogP contribution in [0.2, 0.25) is 0 Å². The van der Waals surface area contributed by atoms with Crippen molar-refractivity contribution in [2.75, 3.05) is 0 Å². The lowest BCUT2D eigenvalue weighted by Gasteiger charge is -2.59. The number of amides is 1. The van der Waals surface area contributed by atoms with E-state index in [1.165, 1.54) is 50.7 Å². The molecule has 1 aromatic heterocycles. The first-order chi connectivity index (χ1) is 15.3. The third-order valence-corrected chi connectivity index (χ3v) is 7.97. The molecule has 4 saturated carbocycles. The summed E-state index contributed by atoms with van der Waals surface area (Å²) in [6.45, 7) is 2.19. The number of nitrogens with one attached hydrogen (secondary N) is 2. The SMILES string of the molecule is CC(NC(=S)NC(=O)c1ccc(-c2cccc([N+](=O)[O-])c2)o1)C12CC3CC(CC(C3)C1)C2. The van der Waals surface area contributed by atoms with Crippen molar-refractivity contribution in [2.24, 2.45) is 23.2 Å². The molecule has 168 valence electrons. The first-order valence-corrected chi connectivity index (χ1v) is 11.7. The van der Waals surface area contributed by atoms with E-state index in [9.17, 15) is 14.9 Å². The van der Waals surface area contributed by atoms with E-state index in [2.05, 4.69) is 17.6 Å². The van der Waals surface area contributed by atoms with Crippen LogP contribution < -0.4 is 10.6 Å². The predicted octanol–water partition coefficient (Wildman–Crippen LogP) is 5.06. The molecule has 4 aliphatic carbocycles. The fraction of sp³-hybridized carbons (Fsp3) is 0.500. The van der Waals surface area contributed by atoms with E-state index >= 15 is 0 Å². The van der Waals surface area contributed by atoms with Gasteiger partial charge in [0.25, 0.3) is 11.6 Å². The molecule has 4 fully saturated rings. The number of furan rings is 1. The molecule has 6 rings (SSSR count).